The molecule has 0 radical (unpaired) electrons. The molecule has 0 amide bonds. The van der Waals surface area contributed by atoms with Crippen molar-refractivity contribution < 1.29 is 14.4 Å². The molecule has 1 rings (SSSR count). The number of hydrogen-bond donors (Lipinski definition) is 4. The topological polar surface area (TPSA) is 107 Å². The van der Waals surface area contributed by atoms with Crippen LogP contribution in [-0.4, -0.2) is 39.5 Å². The van der Waals surface area contributed by atoms with Crippen LogP contribution in [0.2, 0.25) is 0 Å². The molecule has 1 aromatic heterocycles. The quantitative estimate of drug-likeness (QED) is 0.264. The van der Waals surface area contributed by atoms with Crippen LogP contribution in [0.15, 0.2) is 16.4 Å². The molecule has 7 nitrogen and oxygen atoms in total. The molecule has 18 heavy (non-hydrogen) atoms. The predicted molar refractivity (Wildman–Crippen MR) is 74.8 cm³/mol. The molecule has 1 heterocycles. The fourth-order valence-electron chi connectivity index (χ4n) is 1.02. The van der Waals surface area contributed by atoms with E-state index < -0.39 is 7.75 Å². The lowest BCUT2D eigenvalue weighted by atomic mass is 10.5. The van der Waals surface area contributed by atoms with Crippen molar-refractivity contribution in [3.05, 3.63) is 17.1 Å². The van der Waals surface area contributed by atoms with Crippen molar-refractivity contribution >= 4 is 37.0 Å². The summed E-state index contributed by atoms with van der Waals surface area (Å²) in [7, 11) is -2.75. The summed E-state index contributed by atoms with van der Waals surface area (Å²) < 4.78 is 14.9. The average molecular weight is 310 g/mol. The predicted octanol–water partition coefficient (Wildman–Crippen LogP) is 0.634. The molecule has 0 atom stereocenters. The van der Waals surface area contributed by atoms with Crippen LogP contribution in [0.3, 0.4) is 0 Å². The Kier molecular flexibility index (Phi) is 6.66. The molecule has 0 aliphatic carbocycles. The van der Waals surface area contributed by atoms with E-state index in [-0.39, 0.29) is 5.96 Å². The van der Waals surface area contributed by atoms with Crippen molar-refractivity contribution in [1.29, 1.82) is 0 Å². The zero-order valence-electron chi connectivity index (χ0n) is 9.74. The molecule has 10 heteroatoms. The second-order valence-corrected chi connectivity index (χ2v) is 6.26. The Morgan fingerprint density at radius 3 is 3.00 bits per heavy atom. The van der Waals surface area contributed by atoms with Gasteiger partial charge in [-0.25, -0.2) is 4.57 Å². The third-order valence-electron chi connectivity index (χ3n) is 1.74. The standard InChI is InChI=1S/C8H15N4O3PS2/c1-9-8(11-16(13,14)15)10-3-5-17-6-7-2-4-18-12-7/h2,4H,3,5-6H2,1H3,(H4,9,10,11,13,14,15). The number of aromatic nitrogens is 1. The summed E-state index contributed by atoms with van der Waals surface area (Å²) in [6.45, 7) is 0.470. The minimum absolute atomic E-state index is 0.0950. The number of aliphatic imine (C=N–C) groups is 1. The minimum atomic E-state index is -4.29. The van der Waals surface area contributed by atoms with Gasteiger partial charge in [0, 0.05) is 23.9 Å². The number of nitrogens with zero attached hydrogens (tertiary/aromatic N) is 2. The van der Waals surface area contributed by atoms with E-state index in [1.54, 1.807) is 18.8 Å². The van der Waals surface area contributed by atoms with Gasteiger partial charge in [0.05, 0.1) is 12.2 Å². The second kappa shape index (κ2) is 7.75. The van der Waals surface area contributed by atoms with Crippen LogP contribution in [0.1, 0.15) is 5.69 Å². The lowest BCUT2D eigenvalue weighted by Crippen LogP contribution is -2.32. The van der Waals surface area contributed by atoms with Gasteiger partial charge in [0.2, 0.25) is 0 Å². The Labute approximate surface area is 113 Å². The SMILES string of the molecule is CN/C(=N/CCSCc1ccsn1)NP(=O)(O)O. The highest BCUT2D eigenvalue weighted by molar-refractivity contribution is 7.98. The minimum Gasteiger partial charge on any atom is -0.359 e. The zero-order valence-corrected chi connectivity index (χ0v) is 12.3. The van der Waals surface area contributed by atoms with Gasteiger partial charge >= 0.3 is 7.75 Å². The molecule has 0 aliphatic rings. The molecule has 0 spiro atoms. The van der Waals surface area contributed by atoms with E-state index in [0.717, 1.165) is 17.2 Å². The second-order valence-electron chi connectivity index (χ2n) is 3.18. The zero-order chi connectivity index (χ0) is 13.4. The lowest BCUT2D eigenvalue weighted by molar-refractivity contribution is 0.367. The van der Waals surface area contributed by atoms with Gasteiger partial charge in [0.1, 0.15) is 0 Å². The van der Waals surface area contributed by atoms with Crippen molar-refractivity contribution in [2.24, 2.45) is 4.99 Å². The fraction of sp³-hybridized carbons (Fsp3) is 0.500. The van der Waals surface area contributed by atoms with Crippen LogP contribution in [0.5, 0.6) is 0 Å². The van der Waals surface area contributed by atoms with E-state index in [2.05, 4.69) is 14.7 Å². The van der Waals surface area contributed by atoms with E-state index in [1.165, 1.54) is 11.5 Å². The molecule has 0 saturated carbocycles. The molecule has 0 aliphatic heterocycles. The van der Waals surface area contributed by atoms with Crippen LogP contribution < -0.4 is 10.4 Å². The first-order valence-corrected chi connectivity index (χ1v) is 8.64. The van der Waals surface area contributed by atoms with Crippen LogP contribution >= 0.6 is 31.0 Å². The number of thioether (sulfide) groups is 1. The van der Waals surface area contributed by atoms with Gasteiger partial charge in [-0.05, 0) is 17.6 Å². The van der Waals surface area contributed by atoms with E-state index in [1.807, 2.05) is 16.5 Å². The molecule has 4 N–H and O–H groups in total. The Balaban J connectivity index is 2.23. The summed E-state index contributed by atoms with van der Waals surface area (Å²) in [4.78, 5) is 21.4. The number of rotatable bonds is 6. The summed E-state index contributed by atoms with van der Waals surface area (Å²) >= 11 is 3.09. The van der Waals surface area contributed by atoms with E-state index in [9.17, 15) is 4.57 Å². The smallest absolute Gasteiger partial charge is 0.359 e. The molecule has 1 aromatic rings. The van der Waals surface area contributed by atoms with Gasteiger partial charge < -0.3 is 15.1 Å². The third kappa shape index (κ3) is 6.97. The van der Waals surface area contributed by atoms with Gasteiger partial charge in [0.25, 0.3) is 0 Å². The maximum absolute atomic E-state index is 10.7. The van der Waals surface area contributed by atoms with Crippen molar-refractivity contribution in [2.75, 3.05) is 19.3 Å². The Morgan fingerprint density at radius 2 is 2.44 bits per heavy atom. The summed E-state index contributed by atoms with van der Waals surface area (Å²) in [5.74, 6) is 1.67. The van der Waals surface area contributed by atoms with Crippen LogP contribution in [0.4, 0.5) is 0 Å². The molecule has 0 unspecified atom stereocenters. The molecule has 0 bridgehead atoms. The van der Waals surface area contributed by atoms with E-state index in [0.29, 0.717) is 6.54 Å². The van der Waals surface area contributed by atoms with Crippen molar-refractivity contribution in [3.8, 4) is 0 Å². The summed E-state index contributed by atoms with van der Waals surface area (Å²) in [6.07, 6.45) is 0. The van der Waals surface area contributed by atoms with E-state index in [4.69, 9.17) is 9.79 Å². The molecule has 0 fully saturated rings. The summed E-state index contributed by atoms with van der Waals surface area (Å²) in [5, 5.41) is 6.51. The first-order chi connectivity index (χ1) is 8.51. The Bertz CT molecular complexity index is 420. The first-order valence-electron chi connectivity index (χ1n) is 5.04. The van der Waals surface area contributed by atoms with Crippen molar-refractivity contribution in [3.63, 3.8) is 0 Å². The Morgan fingerprint density at radius 1 is 1.67 bits per heavy atom. The molecule has 0 aromatic carbocycles. The van der Waals surface area contributed by atoms with Gasteiger partial charge in [-0.15, -0.1) is 0 Å². The number of guanidine groups is 1. The Hall–Kier alpha value is -0.600. The maximum atomic E-state index is 10.7. The van der Waals surface area contributed by atoms with E-state index >= 15 is 0 Å². The summed E-state index contributed by atoms with van der Waals surface area (Å²) in [5.41, 5.74) is 1.04. The first kappa shape index (κ1) is 15.5. The number of nitrogens with one attached hydrogen (secondary N) is 2. The summed E-state index contributed by atoms with van der Waals surface area (Å²) in [6, 6.07) is 1.97. The van der Waals surface area contributed by atoms with Crippen molar-refractivity contribution in [1.82, 2.24) is 14.8 Å². The van der Waals surface area contributed by atoms with Gasteiger partial charge in [-0.3, -0.25) is 10.1 Å². The van der Waals surface area contributed by atoms with Crippen molar-refractivity contribution in [2.45, 2.75) is 5.75 Å². The van der Waals surface area contributed by atoms with Crippen LogP contribution in [0, 0.1) is 0 Å². The van der Waals surface area contributed by atoms with Gasteiger partial charge in [0.15, 0.2) is 5.96 Å². The fourth-order valence-corrected chi connectivity index (χ4v) is 2.83. The monoisotopic (exact) mass is 310 g/mol. The highest BCUT2D eigenvalue weighted by Gasteiger charge is 2.13. The lowest BCUT2D eigenvalue weighted by Gasteiger charge is -2.09. The molecular formula is C8H15N4O3PS2. The highest BCUT2D eigenvalue weighted by Crippen LogP contribution is 2.27. The van der Waals surface area contributed by atoms with Crippen LogP contribution in [0.25, 0.3) is 0 Å². The maximum Gasteiger partial charge on any atom is 0.429 e. The molecular weight excluding hydrogens is 295 g/mol. The largest absolute Gasteiger partial charge is 0.429 e. The average Bonchev–Trinajstić information content (AvgIpc) is 2.78. The van der Waals surface area contributed by atoms with Gasteiger partial charge in [-0.1, -0.05) is 0 Å². The molecule has 0 saturated heterocycles. The number of hydrogen-bond acceptors (Lipinski definition) is 5. The van der Waals surface area contributed by atoms with Crippen LogP contribution in [-0.2, 0) is 10.3 Å². The third-order valence-corrected chi connectivity index (χ3v) is 3.81. The normalized spacial score (nSPS) is 12.5. The molecule has 102 valence electrons. The van der Waals surface area contributed by atoms with Gasteiger partial charge in [-0.2, -0.15) is 16.1 Å². The highest BCUT2D eigenvalue weighted by atomic mass is 32.2.